The molecule has 1 aromatic heterocycles. The van der Waals surface area contributed by atoms with E-state index in [2.05, 4.69) is 25.3 Å². The number of thiocarbonyl (C=S) groups is 1. The van der Waals surface area contributed by atoms with E-state index in [9.17, 15) is 23.3 Å². The quantitative estimate of drug-likeness (QED) is 0.156. The molecule has 0 fully saturated rings. The van der Waals surface area contributed by atoms with Gasteiger partial charge in [-0.15, -0.1) is 0 Å². The number of anilines is 2. The molecule has 0 atom stereocenters. The summed E-state index contributed by atoms with van der Waals surface area (Å²) >= 11 is 5.10. The third kappa shape index (κ3) is 7.68. The highest BCUT2D eigenvalue weighted by Crippen LogP contribution is 2.21. The number of nitrogens with zero attached hydrogens (tertiary/aromatic N) is 3. The average molecular weight is 545 g/mol. The minimum Gasteiger partial charge on any atom is -0.481 e. The van der Waals surface area contributed by atoms with Gasteiger partial charge in [-0.1, -0.05) is 12.1 Å². The Bertz CT molecular complexity index is 1440. The molecule has 0 saturated heterocycles. The van der Waals surface area contributed by atoms with Crippen molar-refractivity contribution < 1.29 is 27.6 Å². The number of ether oxygens (including phenoxy) is 2. The van der Waals surface area contributed by atoms with E-state index in [1.807, 2.05) is 0 Å². The van der Waals surface area contributed by atoms with Gasteiger partial charge in [-0.3, -0.25) is 24.9 Å². The molecule has 37 heavy (non-hydrogen) atoms. The lowest BCUT2D eigenvalue weighted by Gasteiger charge is -2.11. The Morgan fingerprint density at radius 3 is 2.46 bits per heavy atom. The molecule has 15 heteroatoms. The SMILES string of the molecule is COc1cc(NS(=O)(=O)c2ccc(NC(=S)NC(=O)/C=C/c3cccc([N+](=O)[O-])c3)cc2)nc(OC)n1. The summed E-state index contributed by atoms with van der Waals surface area (Å²) in [5.41, 5.74) is 0.779. The number of non-ortho nitro benzene ring substituents is 1. The Balaban J connectivity index is 1.60. The highest BCUT2D eigenvalue weighted by atomic mass is 32.2. The van der Waals surface area contributed by atoms with Crippen LogP contribution in [0.4, 0.5) is 17.2 Å². The van der Waals surface area contributed by atoms with Gasteiger partial charge in [0.2, 0.25) is 11.8 Å². The summed E-state index contributed by atoms with van der Waals surface area (Å²) in [6, 6.07) is 12.5. The van der Waals surface area contributed by atoms with Crippen LogP contribution < -0.4 is 24.8 Å². The number of rotatable bonds is 9. The highest BCUT2D eigenvalue weighted by Gasteiger charge is 2.17. The smallest absolute Gasteiger partial charge is 0.321 e. The summed E-state index contributed by atoms with van der Waals surface area (Å²) in [6.45, 7) is 0. The first-order valence-electron chi connectivity index (χ1n) is 10.2. The van der Waals surface area contributed by atoms with Crippen LogP contribution in [0.25, 0.3) is 6.08 Å². The number of nitro benzene ring substituents is 1. The maximum Gasteiger partial charge on any atom is 0.321 e. The predicted molar refractivity (Wildman–Crippen MR) is 139 cm³/mol. The first-order valence-corrected chi connectivity index (χ1v) is 12.1. The summed E-state index contributed by atoms with van der Waals surface area (Å²) in [7, 11) is -1.30. The van der Waals surface area contributed by atoms with Gasteiger partial charge in [-0.25, -0.2) is 8.42 Å². The fraction of sp³-hybridized carbons (Fsp3) is 0.0909. The Hall–Kier alpha value is -4.63. The summed E-state index contributed by atoms with van der Waals surface area (Å²) in [4.78, 5) is 30.2. The van der Waals surface area contributed by atoms with E-state index >= 15 is 0 Å². The number of benzene rings is 2. The lowest BCUT2D eigenvalue weighted by Crippen LogP contribution is -2.32. The minimum atomic E-state index is -4.00. The lowest BCUT2D eigenvalue weighted by molar-refractivity contribution is -0.384. The van der Waals surface area contributed by atoms with E-state index < -0.39 is 20.9 Å². The van der Waals surface area contributed by atoms with Gasteiger partial charge in [0.25, 0.3) is 15.7 Å². The van der Waals surface area contributed by atoms with Crippen LogP contribution in [0.5, 0.6) is 11.9 Å². The Labute approximate surface area is 216 Å². The standard InChI is InChI=1S/C22H20N6O7S2/c1-34-20-13-18(24-21(26-20)35-2)27-37(32,33)17-9-7-15(8-10-17)23-22(36)25-19(29)11-6-14-4-3-5-16(12-14)28(30)31/h3-13H,1-2H3,(H,24,26,27)(H2,23,25,29,36)/b11-6+. The Morgan fingerprint density at radius 1 is 1.08 bits per heavy atom. The second kappa shape index (κ2) is 11.9. The highest BCUT2D eigenvalue weighted by molar-refractivity contribution is 7.92. The van der Waals surface area contributed by atoms with E-state index in [1.54, 1.807) is 6.07 Å². The Morgan fingerprint density at radius 2 is 1.81 bits per heavy atom. The molecule has 0 radical (unpaired) electrons. The van der Waals surface area contributed by atoms with E-state index in [0.29, 0.717) is 11.3 Å². The van der Waals surface area contributed by atoms with Gasteiger partial charge in [0, 0.05) is 30.0 Å². The second-order valence-electron chi connectivity index (χ2n) is 7.04. The number of amides is 1. The molecule has 0 bridgehead atoms. The van der Waals surface area contributed by atoms with Gasteiger partial charge < -0.3 is 14.8 Å². The second-order valence-corrected chi connectivity index (χ2v) is 9.13. The number of hydrogen-bond donors (Lipinski definition) is 3. The van der Waals surface area contributed by atoms with Crippen LogP contribution >= 0.6 is 12.2 Å². The topological polar surface area (TPSA) is 175 Å². The molecule has 13 nitrogen and oxygen atoms in total. The first kappa shape index (κ1) is 27.0. The van der Waals surface area contributed by atoms with Gasteiger partial charge in [-0.05, 0) is 48.1 Å². The third-order valence-corrected chi connectivity index (χ3v) is 6.05. The molecule has 1 amide bonds. The monoisotopic (exact) mass is 544 g/mol. The molecule has 3 N–H and O–H groups in total. The van der Waals surface area contributed by atoms with Crippen LogP contribution in [0.2, 0.25) is 0 Å². The molecule has 0 aliphatic heterocycles. The van der Waals surface area contributed by atoms with Gasteiger partial charge in [0.15, 0.2) is 10.9 Å². The molecule has 0 spiro atoms. The number of aromatic nitrogens is 2. The van der Waals surface area contributed by atoms with E-state index in [-0.39, 0.29) is 33.4 Å². The number of sulfonamides is 1. The van der Waals surface area contributed by atoms with Crippen molar-refractivity contribution in [3.05, 3.63) is 76.4 Å². The first-order chi connectivity index (χ1) is 17.6. The zero-order valence-corrected chi connectivity index (χ0v) is 21.0. The van der Waals surface area contributed by atoms with Gasteiger partial charge >= 0.3 is 6.01 Å². The predicted octanol–water partition coefficient (Wildman–Crippen LogP) is 2.73. The zero-order valence-electron chi connectivity index (χ0n) is 19.4. The van der Waals surface area contributed by atoms with Crippen molar-refractivity contribution in [3.8, 4) is 11.9 Å². The number of nitro groups is 1. The number of carbonyl (C=O) groups is 1. The maximum atomic E-state index is 12.7. The van der Waals surface area contributed by atoms with E-state index in [1.165, 1.54) is 74.9 Å². The average Bonchev–Trinajstić information content (AvgIpc) is 2.87. The number of carbonyl (C=O) groups excluding carboxylic acids is 1. The van der Waals surface area contributed by atoms with Crippen molar-refractivity contribution in [2.45, 2.75) is 4.90 Å². The van der Waals surface area contributed by atoms with Crippen molar-refractivity contribution in [2.75, 3.05) is 24.3 Å². The van der Waals surface area contributed by atoms with E-state index in [0.717, 1.165) is 0 Å². The zero-order chi connectivity index (χ0) is 27.0. The number of methoxy groups -OCH3 is 2. The van der Waals surface area contributed by atoms with Crippen LogP contribution in [0.1, 0.15) is 5.56 Å². The third-order valence-electron chi connectivity index (χ3n) is 4.48. The molecule has 2 aromatic carbocycles. The molecule has 3 aromatic rings. The molecular weight excluding hydrogens is 524 g/mol. The number of hydrogen-bond acceptors (Lipinski definition) is 10. The van der Waals surface area contributed by atoms with Crippen LogP contribution in [0.15, 0.2) is 65.6 Å². The maximum absolute atomic E-state index is 12.7. The van der Waals surface area contributed by atoms with Crippen molar-refractivity contribution in [2.24, 2.45) is 0 Å². The van der Waals surface area contributed by atoms with Gasteiger partial charge in [0.05, 0.1) is 24.0 Å². The summed E-state index contributed by atoms with van der Waals surface area (Å²) < 4.78 is 37.7. The molecule has 0 aliphatic carbocycles. The fourth-order valence-electron chi connectivity index (χ4n) is 2.80. The number of nitrogens with one attached hydrogen (secondary N) is 3. The van der Waals surface area contributed by atoms with Crippen LogP contribution in [0.3, 0.4) is 0 Å². The molecule has 0 aliphatic rings. The van der Waals surface area contributed by atoms with Crippen LogP contribution in [-0.4, -0.2) is 48.5 Å². The summed E-state index contributed by atoms with van der Waals surface area (Å²) in [5, 5.41) is 16.0. The van der Waals surface area contributed by atoms with Crippen molar-refractivity contribution in [1.29, 1.82) is 0 Å². The van der Waals surface area contributed by atoms with Crippen LogP contribution in [-0.2, 0) is 14.8 Å². The molecule has 192 valence electrons. The molecule has 0 saturated carbocycles. The normalized spacial score (nSPS) is 11.0. The molecule has 1 heterocycles. The summed E-state index contributed by atoms with van der Waals surface area (Å²) in [6.07, 6.45) is 2.58. The van der Waals surface area contributed by atoms with Crippen LogP contribution in [0, 0.1) is 10.1 Å². The van der Waals surface area contributed by atoms with Crippen molar-refractivity contribution in [3.63, 3.8) is 0 Å². The van der Waals surface area contributed by atoms with Gasteiger partial charge in [0.1, 0.15) is 0 Å². The lowest BCUT2D eigenvalue weighted by atomic mass is 10.2. The largest absolute Gasteiger partial charge is 0.481 e. The Kier molecular flexibility index (Phi) is 8.65. The fourth-order valence-corrected chi connectivity index (χ4v) is 4.01. The minimum absolute atomic E-state index is 0.0393. The van der Waals surface area contributed by atoms with E-state index in [4.69, 9.17) is 21.7 Å². The molecule has 0 unspecified atom stereocenters. The molecular formula is C22H20N6O7S2. The summed E-state index contributed by atoms with van der Waals surface area (Å²) in [5.74, 6) is -0.504. The van der Waals surface area contributed by atoms with Crippen molar-refractivity contribution >= 4 is 56.5 Å². The molecule has 3 rings (SSSR count). The van der Waals surface area contributed by atoms with Gasteiger partial charge in [-0.2, -0.15) is 9.97 Å². The van der Waals surface area contributed by atoms with Crippen molar-refractivity contribution in [1.82, 2.24) is 15.3 Å².